The average Bonchev–Trinajstić information content (AvgIpc) is 2.65. The molecule has 3 aromatic rings. The monoisotopic (exact) mass is 346 g/mol. The van der Waals surface area contributed by atoms with Crippen LogP contribution >= 0.6 is 0 Å². The second-order valence-corrected chi connectivity index (χ2v) is 6.23. The number of benzene rings is 2. The molecule has 0 unspecified atom stereocenters. The van der Waals surface area contributed by atoms with Crippen LogP contribution in [0.5, 0.6) is 0 Å². The Kier molecular flexibility index (Phi) is 5.27. The molecule has 0 atom stereocenters. The van der Waals surface area contributed by atoms with Gasteiger partial charge in [-0.15, -0.1) is 0 Å². The van der Waals surface area contributed by atoms with Crippen molar-refractivity contribution < 1.29 is 4.79 Å². The summed E-state index contributed by atoms with van der Waals surface area (Å²) in [7, 11) is 1.74. The number of para-hydroxylation sites is 1. The van der Waals surface area contributed by atoms with Crippen LogP contribution < -0.4 is 10.2 Å². The van der Waals surface area contributed by atoms with Crippen molar-refractivity contribution in [1.82, 2.24) is 9.97 Å². The van der Waals surface area contributed by atoms with Gasteiger partial charge in [0, 0.05) is 25.3 Å². The van der Waals surface area contributed by atoms with Crippen LogP contribution in [0.3, 0.4) is 0 Å². The van der Waals surface area contributed by atoms with Gasteiger partial charge < -0.3 is 10.2 Å². The first-order chi connectivity index (χ1) is 12.5. The minimum absolute atomic E-state index is 0.166. The summed E-state index contributed by atoms with van der Waals surface area (Å²) in [6.45, 7) is 4.49. The van der Waals surface area contributed by atoms with Gasteiger partial charge in [-0.2, -0.15) is 0 Å². The van der Waals surface area contributed by atoms with Crippen LogP contribution in [0.25, 0.3) is 0 Å². The molecule has 5 nitrogen and oxygen atoms in total. The van der Waals surface area contributed by atoms with Crippen molar-refractivity contribution in [2.24, 2.45) is 0 Å². The zero-order chi connectivity index (χ0) is 18.5. The predicted octanol–water partition coefficient (Wildman–Crippen LogP) is 3.98. The van der Waals surface area contributed by atoms with Crippen molar-refractivity contribution >= 4 is 17.4 Å². The summed E-state index contributed by atoms with van der Waals surface area (Å²) < 4.78 is 0. The Labute approximate surface area is 153 Å². The van der Waals surface area contributed by atoms with E-state index in [1.165, 1.54) is 5.56 Å². The predicted molar refractivity (Wildman–Crippen MR) is 104 cm³/mol. The number of hydrogen-bond donors (Lipinski definition) is 1. The standard InChI is InChI=1S/C21H22N4O/c1-15-8-7-9-17(12-15)14-22-20-13-19(23-16(2)24-20)21(26)25(3)18-10-5-4-6-11-18/h4-13H,14H2,1-3H3,(H,22,23,24). The highest BCUT2D eigenvalue weighted by Gasteiger charge is 2.16. The summed E-state index contributed by atoms with van der Waals surface area (Å²) in [5.74, 6) is 1.04. The van der Waals surface area contributed by atoms with E-state index in [0.29, 0.717) is 23.9 Å². The molecule has 132 valence electrons. The van der Waals surface area contributed by atoms with Gasteiger partial charge in [0.1, 0.15) is 17.3 Å². The molecule has 1 amide bonds. The van der Waals surface area contributed by atoms with Gasteiger partial charge in [0.15, 0.2) is 0 Å². The number of aryl methyl sites for hydroxylation is 2. The van der Waals surface area contributed by atoms with Crippen LogP contribution in [0.15, 0.2) is 60.7 Å². The summed E-state index contributed by atoms with van der Waals surface area (Å²) in [4.78, 5) is 23.1. The summed E-state index contributed by atoms with van der Waals surface area (Å²) in [6.07, 6.45) is 0. The number of amides is 1. The van der Waals surface area contributed by atoms with E-state index in [2.05, 4.69) is 40.4 Å². The number of carbonyl (C=O) groups is 1. The van der Waals surface area contributed by atoms with Gasteiger partial charge in [-0.05, 0) is 31.5 Å². The van der Waals surface area contributed by atoms with E-state index >= 15 is 0 Å². The van der Waals surface area contributed by atoms with E-state index in [1.807, 2.05) is 36.4 Å². The molecule has 0 radical (unpaired) electrons. The normalized spacial score (nSPS) is 10.4. The van der Waals surface area contributed by atoms with Gasteiger partial charge in [0.25, 0.3) is 5.91 Å². The lowest BCUT2D eigenvalue weighted by molar-refractivity contribution is 0.0988. The Hall–Kier alpha value is -3.21. The number of hydrogen-bond acceptors (Lipinski definition) is 4. The fraction of sp³-hybridized carbons (Fsp3) is 0.190. The second-order valence-electron chi connectivity index (χ2n) is 6.23. The van der Waals surface area contributed by atoms with Gasteiger partial charge in [-0.25, -0.2) is 9.97 Å². The van der Waals surface area contributed by atoms with Gasteiger partial charge in [-0.1, -0.05) is 48.0 Å². The lowest BCUT2D eigenvalue weighted by Crippen LogP contribution is -2.27. The van der Waals surface area contributed by atoms with Crippen molar-refractivity contribution in [3.63, 3.8) is 0 Å². The highest BCUT2D eigenvalue weighted by Crippen LogP contribution is 2.16. The lowest BCUT2D eigenvalue weighted by atomic mass is 10.1. The van der Waals surface area contributed by atoms with E-state index in [9.17, 15) is 4.79 Å². The fourth-order valence-corrected chi connectivity index (χ4v) is 2.72. The first-order valence-electron chi connectivity index (χ1n) is 8.51. The third kappa shape index (κ3) is 4.25. The third-order valence-electron chi connectivity index (χ3n) is 4.06. The summed E-state index contributed by atoms with van der Waals surface area (Å²) in [5.41, 5.74) is 3.57. The Morgan fingerprint density at radius 1 is 1.00 bits per heavy atom. The average molecular weight is 346 g/mol. The van der Waals surface area contributed by atoms with Gasteiger partial charge in [0.2, 0.25) is 0 Å². The molecule has 0 fully saturated rings. The molecule has 2 aromatic carbocycles. The zero-order valence-corrected chi connectivity index (χ0v) is 15.2. The zero-order valence-electron chi connectivity index (χ0n) is 15.2. The van der Waals surface area contributed by atoms with E-state index in [-0.39, 0.29) is 5.91 Å². The molecule has 0 saturated carbocycles. The number of nitrogens with one attached hydrogen (secondary N) is 1. The minimum atomic E-state index is -0.166. The second kappa shape index (κ2) is 7.78. The largest absolute Gasteiger partial charge is 0.366 e. The third-order valence-corrected chi connectivity index (χ3v) is 4.06. The van der Waals surface area contributed by atoms with Gasteiger partial charge in [0.05, 0.1) is 0 Å². The quantitative estimate of drug-likeness (QED) is 0.759. The molecule has 1 N–H and O–H groups in total. The molecule has 5 heteroatoms. The van der Waals surface area contributed by atoms with Gasteiger partial charge >= 0.3 is 0 Å². The number of rotatable bonds is 5. The smallest absolute Gasteiger partial charge is 0.276 e. The maximum absolute atomic E-state index is 12.8. The Balaban J connectivity index is 1.77. The van der Waals surface area contributed by atoms with E-state index in [1.54, 1.807) is 24.9 Å². The lowest BCUT2D eigenvalue weighted by Gasteiger charge is -2.17. The molecule has 0 bridgehead atoms. The highest BCUT2D eigenvalue weighted by atomic mass is 16.2. The Bertz CT molecular complexity index is 909. The SMILES string of the molecule is Cc1cccc(CNc2cc(C(=O)N(C)c3ccccc3)nc(C)n2)c1. The Morgan fingerprint density at radius 2 is 1.77 bits per heavy atom. The van der Waals surface area contributed by atoms with Crippen molar-refractivity contribution in [3.8, 4) is 0 Å². The van der Waals surface area contributed by atoms with E-state index in [4.69, 9.17) is 0 Å². The van der Waals surface area contributed by atoms with Crippen molar-refractivity contribution in [2.75, 3.05) is 17.3 Å². The first-order valence-corrected chi connectivity index (χ1v) is 8.51. The van der Waals surface area contributed by atoms with Crippen molar-refractivity contribution in [1.29, 1.82) is 0 Å². The molecule has 0 aliphatic heterocycles. The minimum Gasteiger partial charge on any atom is -0.366 e. The molecular formula is C21H22N4O. The summed E-state index contributed by atoms with van der Waals surface area (Å²) >= 11 is 0. The van der Waals surface area contributed by atoms with Gasteiger partial charge in [-0.3, -0.25) is 4.79 Å². The summed E-state index contributed by atoms with van der Waals surface area (Å²) in [6, 6.07) is 19.5. The number of nitrogens with zero attached hydrogens (tertiary/aromatic N) is 3. The molecular weight excluding hydrogens is 324 g/mol. The highest BCUT2D eigenvalue weighted by molar-refractivity contribution is 6.04. The van der Waals surface area contributed by atoms with E-state index in [0.717, 1.165) is 11.3 Å². The topological polar surface area (TPSA) is 58.1 Å². The van der Waals surface area contributed by atoms with Crippen LogP contribution in [0, 0.1) is 13.8 Å². The molecule has 0 spiro atoms. The number of carbonyl (C=O) groups excluding carboxylic acids is 1. The van der Waals surface area contributed by atoms with Crippen LogP contribution in [-0.2, 0) is 6.54 Å². The van der Waals surface area contributed by atoms with Crippen molar-refractivity contribution in [2.45, 2.75) is 20.4 Å². The van der Waals surface area contributed by atoms with Crippen LogP contribution in [0.1, 0.15) is 27.4 Å². The first kappa shape index (κ1) is 17.6. The molecule has 0 aliphatic rings. The summed E-state index contributed by atoms with van der Waals surface area (Å²) in [5, 5.41) is 3.28. The van der Waals surface area contributed by atoms with Crippen LogP contribution in [0.4, 0.5) is 11.5 Å². The molecule has 0 aliphatic carbocycles. The molecule has 1 heterocycles. The Morgan fingerprint density at radius 3 is 2.50 bits per heavy atom. The number of aromatic nitrogens is 2. The maximum atomic E-state index is 12.8. The molecule has 3 rings (SSSR count). The van der Waals surface area contributed by atoms with Crippen LogP contribution in [0.2, 0.25) is 0 Å². The fourth-order valence-electron chi connectivity index (χ4n) is 2.72. The molecule has 26 heavy (non-hydrogen) atoms. The maximum Gasteiger partial charge on any atom is 0.276 e. The van der Waals surface area contributed by atoms with E-state index < -0.39 is 0 Å². The molecule has 1 aromatic heterocycles. The molecule has 0 saturated heterocycles. The van der Waals surface area contributed by atoms with Crippen LogP contribution in [-0.4, -0.2) is 22.9 Å². The van der Waals surface area contributed by atoms with Crippen molar-refractivity contribution in [3.05, 3.63) is 83.3 Å². The number of anilines is 2.